The van der Waals surface area contributed by atoms with Crippen LogP contribution in [0.25, 0.3) is 0 Å². The number of furan rings is 1. The van der Waals surface area contributed by atoms with Crippen molar-refractivity contribution < 1.29 is 17.6 Å². The molecule has 0 fully saturated rings. The molecule has 0 spiro atoms. The molecule has 1 heterocycles. The lowest BCUT2D eigenvalue weighted by atomic mass is 10.2. The lowest BCUT2D eigenvalue weighted by Crippen LogP contribution is -2.14. The summed E-state index contributed by atoms with van der Waals surface area (Å²) in [5.74, 6) is -0.241. The minimum absolute atomic E-state index is 0.170. The molecule has 3 aromatic rings. The topological polar surface area (TPSA) is 88.4 Å². The molecular weight excluding hydrogens is 340 g/mol. The molecule has 0 aliphatic heterocycles. The van der Waals surface area contributed by atoms with E-state index in [0.29, 0.717) is 11.4 Å². The highest BCUT2D eigenvalue weighted by Gasteiger charge is 2.14. The van der Waals surface area contributed by atoms with E-state index >= 15 is 0 Å². The van der Waals surface area contributed by atoms with Gasteiger partial charge in [0.25, 0.3) is 15.9 Å². The average molecular weight is 356 g/mol. The Morgan fingerprint density at radius 3 is 2.36 bits per heavy atom. The van der Waals surface area contributed by atoms with Crippen LogP contribution in [0.15, 0.2) is 76.2 Å². The van der Waals surface area contributed by atoms with Gasteiger partial charge in [-0.15, -0.1) is 0 Å². The zero-order chi connectivity index (χ0) is 17.9. The van der Waals surface area contributed by atoms with Crippen LogP contribution in [-0.2, 0) is 10.0 Å². The Hall–Kier alpha value is -3.06. The highest BCUT2D eigenvalue weighted by Crippen LogP contribution is 2.20. The molecule has 0 radical (unpaired) electrons. The van der Waals surface area contributed by atoms with Crippen LogP contribution in [0.2, 0.25) is 0 Å². The summed E-state index contributed by atoms with van der Waals surface area (Å²) < 4.78 is 32.4. The molecule has 3 rings (SSSR count). The monoisotopic (exact) mass is 356 g/mol. The molecule has 25 heavy (non-hydrogen) atoms. The summed E-state index contributed by atoms with van der Waals surface area (Å²) in [7, 11) is -3.70. The fraction of sp³-hybridized carbons (Fsp3) is 0.0556. The first kappa shape index (κ1) is 16.8. The van der Waals surface area contributed by atoms with Crippen LogP contribution in [0.1, 0.15) is 16.1 Å². The largest absolute Gasteiger partial charge is 0.459 e. The van der Waals surface area contributed by atoms with E-state index in [-0.39, 0.29) is 10.7 Å². The van der Waals surface area contributed by atoms with Crippen molar-refractivity contribution in [3.05, 3.63) is 78.3 Å². The smallest absolute Gasteiger partial charge is 0.291 e. The van der Waals surface area contributed by atoms with Crippen LogP contribution >= 0.6 is 0 Å². The molecule has 0 aliphatic carbocycles. The Morgan fingerprint density at radius 2 is 1.68 bits per heavy atom. The summed E-state index contributed by atoms with van der Waals surface area (Å²) in [6, 6.07) is 16.1. The van der Waals surface area contributed by atoms with Crippen molar-refractivity contribution in [2.24, 2.45) is 0 Å². The lowest BCUT2D eigenvalue weighted by Gasteiger charge is -2.10. The summed E-state index contributed by atoms with van der Waals surface area (Å²) in [6.07, 6.45) is 1.40. The van der Waals surface area contributed by atoms with Gasteiger partial charge in [-0.2, -0.15) is 0 Å². The minimum Gasteiger partial charge on any atom is -0.459 e. The fourth-order valence-corrected chi connectivity index (χ4v) is 3.24. The van der Waals surface area contributed by atoms with Crippen LogP contribution < -0.4 is 10.0 Å². The summed E-state index contributed by atoms with van der Waals surface area (Å²) >= 11 is 0. The van der Waals surface area contributed by atoms with Crippen molar-refractivity contribution in [1.82, 2.24) is 0 Å². The second-order valence-corrected chi connectivity index (χ2v) is 7.11. The summed E-state index contributed by atoms with van der Waals surface area (Å²) in [6.45, 7) is 1.88. The third-order valence-corrected chi connectivity index (χ3v) is 4.85. The number of aryl methyl sites for hydroxylation is 1. The first-order chi connectivity index (χ1) is 11.9. The van der Waals surface area contributed by atoms with Crippen LogP contribution in [0.3, 0.4) is 0 Å². The number of hydrogen-bond donors (Lipinski definition) is 2. The summed E-state index contributed by atoms with van der Waals surface area (Å²) in [5, 5.41) is 2.65. The average Bonchev–Trinajstić information content (AvgIpc) is 3.10. The predicted octanol–water partition coefficient (Wildman–Crippen LogP) is 3.64. The third kappa shape index (κ3) is 4.07. The van der Waals surface area contributed by atoms with E-state index in [1.165, 1.54) is 12.3 Å². The van der Waals surface area contributed by atoms with Gasteiger partial charge in [0, 0.05) is 5.69 Å². The zero-order valence-corrected chi connectivity index (χ0v) is 14.2. The van der Waals surface area contributed by atoms with Crippen molar-refractivity contribution in [2.75, 3.05) is 10.0 Å². The number of carbonyl (C=O) groups is 1. The summed E-state index contributed by atoms with van der Waals surface area (Å²) in [4.78, 5) is 12.2. The van der Waals surface area contributed by atoms with E-state index in [9.17, 15) is 13.2 Å². The zero-order valence-electron chi connectivity index (χ0n) is 13.4. The Labute approximate surface area is 145 Å². The van der Waals surface area contributed by atoms with Gasteiger partial charge in [-0.25, -0.2) is 8.42 Å². The molecule has 0 atom stereocenters. The first-order valence-corrected chi connectivity index (χ1v) is 8.97. The van der Waals surface area contributed by atoms with Gasteiger partial charge in [-0.3, -0.25) is 9.52 Å². The van der Waals surface area contributed by atoms with E-state index in [2.05, 4.69) is 10.0 Å². The third-order valence-electron chi connectivity index (χ3n) is 3.45. The highest BCUT2D eigenvalue weighted by molar-refractivity contribution is 7.92. The molecule has 0 saturated carbocycles. The van der Waals surface area contributed by atoms with Gasteiger partial charge in [0.05, 0.1) is 16.8 Å². The molecular formula is C18H16N2O4S. The van der Waals surface area contributed by atoms with Gasteiger partial charge in [-0.05, 0) is 49.4 Å². The number of carbonyl (C=O) groups excluding carboxylic acids is 1. The fourth-order valence-electron chi connectivity index (χ4n) is 2.19. The van der Waals surface area contributed by atoms with E-state index in [1.807, 2.05) is 6.92 Å². The van der Waals surface area contributed by atoms with Gasteiger partial charge in [0.1, 0.15) is 0 Å². The maximum absolute atomic E-state index is 12.4. The molecule has 0 bridgehead atoms. The Kier molecular flexibility index (Phi) is 4.58. The van der Waals surface area contributed by atoms with Crippen molar-refractivity contribution >= 4 is 27.3 Å². The van der Waals surface area contributed by atoms with Gasteiger partial charge in [0.2, 0.25) is 0 Å². The number of amides is 1. The van der Waals surface area contributed by atoms with E-state index in [1.54, 1.807) is 54.6 Å². The highest BCUT2D eigenvalue weighted by atomic mass is 32.2. The SMILES string of the molecule is Cc1ccc(S(=O)(=O)Nc2cccc(NC(=O)c3ccco3)c2)cc1. The van der Waals surface area contributed by atoms with Crippen molar-refractivity contribution in [3.63, 3.8) is 0 Å². The van der Waals surface area contributed by atoms with Gasteiger partial charge >= 0.3 is 0 Å². The van der Waals surface area contributed by atoms with Crippen LogP contribution in [-0.4, -0.2) is 14.3 Å². The van der Waals surface area contributed by atoms with Crippen LogP contribution in [0.4, 0.5) is 11.4 Å². The van der Waals surface area contributed by atoms with Crippen molar-refractivity contribution in [3.8, 4) is 0 Å². The number of sulfonamides is 1. The molecule has 6 nitrogen and oxygen atoms in total. The number of benzene rings is 2. The van der Waals surface area contributed by atoms with Crippen LogP contribution in [0, 0.1) is 6.92 Å². The molecule has 0 unspecified atom stereocenters. The van der Waals surface area contributed by atoms with Gasteiger partial charge < -0.3 is 9.73 Å². The quantitative estimate of drug-likeness (QED) is 0.730. The molecule has 2 aromatic carbocycles. The number of anilines is 2. The number of hydrogen-bond acceptors (Lipinski definition) is 4. The Bertz CT molecular complexity index is 978. The normalized spacial score (nSPS) is 11.1. The first-order valence-electron chi connectivity index (χ1n) is 7.48. The molecule has 128 valence electrons. The molecule has 1 amide bonds. The number of rotatable bonds is 5. The maximum atomic E-state index is 12.4. The summed E-state index contributed by atoms with van der Waals surface area (Å²) in [5.41, 5.74) is 1.77. The second-order valence-electron chi connectivity index (χ2n) is 5.43. The standard InChI is InChI=1S/C18H16N2O4S/c1-13-7-9-16(10-8-13)25(22,23)20-15-5-2-4-14(12-15)19-18(21)17-6-3-11-24-17/h2-12,20H,1H3,(H,19,21). The minimum atomic E-state index is -3.70. The van der Waals surface area contributed by atoms with Crippen molar-refractivity contribution in [1.29, 1.82) is 0 Å². The Balaban J connectivity index is 1.77. The van der Waals surface area contributed by atoms with E-state index in [4.69, 9.17) is 4.42 Å². The lowest BCUT2D eigenvalue weighted by molar-refractivity contribution is 0.0996. The molecule has 7 heteroatoms. The van der Waals surface area contributed by atoms with Crippen LogP contribution in [0.5, 0.6) is 0 Å². The maximum Gasteiger partial charge on any atom is 0.291 e. The second kappa shape index (κ2) is 6.82. The number of nitrogens with one attached hydrogen (secondary N) is 2. The molecule has 1 aromatic heterocycles. The molecule has 0 aliphatic rings. The molecule has 2 N–H and O–H groups in total. The Morgan fingerprint density at radius 1 is 0.960 bits per heavy atom. The predicted molar refractivity (Wildman–Crippen MR) is 95.1 cm³/mol. The molecule has 0 saturated heterocycles. The van der Waals surface area contributed by atoms with Gasteiger partial charge in [-0.1, -0.05) is 23.8 Å². The van der Waals surface area contributed by atoms with Gasteiger partial charge in [0.15, 0.2) is 5.76 Å². The van der Waals surface area contributed by atoms with E-state index < -0.39 is 15.9 Å². The van der Waals surface area contributed by atoms with Crippen molar-refractivity contribution in [2.45, 2.75) is 11.8 Å². The van der Waals surface area contributed by atoms with E-state index in [0.717, 1.165) is 5.56 Å².